The van der Waals surface area contributed by atoms with E-state index in [0.717, 1.165) is 0 Å². The Hall–Kier alpha value is -0.710. The Kier molecular flexibility index (Phi) is 4.69. The third-order valence-electron chi connectivity index (χ3n) is 0.969. The topological polar surface area (TPSA) is 63.4 Å². The number of hydrogen-bond donors (Lipinski definition) is 1. The third-order valence-corrected chi connectivity index (χ3v) is 1.91. The maximum absolute atomic E-state index is 10.9. The zero-order chi connectivity index (χ0) is 8.85. The van der Waals surface area contributed by atoms with Crippen molar-refractivity contribution in [2.24, 2.45) is 5.73 Å². The Morgan fingerprint density at radius 1 is 1.36 bits per heavy atom. The third kappa shape index (κ3) is 5.72. The van der Waals surface area contributed by atoms with Gasteiger partial charge in [-0.3, -0.25) is 9.59 Å². The van der Waals surface area contributed by atoms with E-state index in [9.17, 15) is 9.59 Å². The number of nitrogens with zero attached hydrogens (tertiary/aromatic N) is 1. The Bertz CT molecular complexity index is 159. The van der Waals surface area contributed by atoms with Crippen LogP contribution in [0.25, 0.3) is 0 Å². The van der Waals surface area contributed by atoms with E-state index in [1.165, 1.54) is 16.7 Å². The summed E-state index contributed by atoms with van der Waals surface area (Å²) in [7, 11) is 3.35. The highest BCUT2D eigenvalue weighted by atomic mass is 32.2. The smallest absolute Gasteiger partial charge is 0.232 e. The molecule has 0 aromatic rings. The second kappa shape index (κ2) is 5.01. The lowest BCUT2D eigenvalue weighted by molar-refractivity contribution is -0.125. The first-order chi connectivity index (χ1) is 5.04. The van der Waals surface area contributed by atoms with Crippen molar-refractivity contribution in [3.63, 3.8) is 0 Å². The van der Waals surface area contributed by atoms with Crippen LogP contribution in [0, 0.1) is 0 Å². The molecule has 64 valence electrons. The monoisotopic (exact) mass is 176 g/mol. The summed E-state index contributed by atoms with van der Waals surface area (Å²) in [5, 5.41) is 0. The SMILES string of the molecule is CN(C)C(=O)CSCC(N)=O. The number of carbonyl (C=O) groups excluding carboxylic acids is 2. The molecule has 0 aliphatic heterocycles. The number of rotatable bonds is 4. The van der Waals surface area contributed by atoms with E-state index < -0.39 is 0 Å². The van der Waals surface area contributed by atoms with Crippen LogP contribution in [0.4, 0.5) is 0 Å². The summed E-state index contributed by atoms with van der Waals surface area (Å²) in [5.41, 5.74) is 4.87. The largest absolute Gasteiger partial charge is 0.369 e. The Labute approximate surface area is 70.1 Å². The van der Waals surface area contributed by atoms with Crippen LogP contribution >= 0.6 is 11.8 Å². The zero-order valence-corrected chi connectivity index (χ0v) is 7.48. The van der Waals surface area contributed by atoms with Crippen molar-refractivity contribution >= 4 is 23.6 Å². The molecule has 2 amide bonds. The lowest BCUT2D eigenvalue weighted by atomic mass is 10.6. The first-order valence-corrected chi connectivity index (χ1v) is 4.25. The van der Waals surface area contributed by atoms with Gasteiger partial charge in [0.05, 0.1) is 11.5 Å². The highest BCUT2D eigenvalue weighted by Gasteiger charge is 2.03. The number of hydrogen-bond acceptors (Lipinski definition) is 3. The van der Waals surface area contributed by atoms with Crippen molar-refractivity contribution in [1.82, 2.24) is 4.90 Å². The molecule has 0 aliphatic carbocycles. The minimum atomic E-state index is -0.387. The van der Waals surface area contributed by atoms with Gasteiger partial charge in [0.1, 0.15) is 0 Å². The molecule has 0 radical (unpaired) electrons. The Morgan fingerprint density at radius 3 is 2.27 bits per heavy atom. The summed E-state index contributed by atoms with van der Waals surface area (Å²) in [6, 6.07) is 0. The number of thioether (sulfide) groups is 1. The average Bonchev–Trinajstić information content (AvgIpc) is 1.86. The second-order valence-electron chi connectivity index (χ2n) is 2.25. The highest BCUT2D eigenvalue weighted by Crippen LogP contribution is 1.99. The molecule has 0 bridgehead atoms. The molecule has 0 aromatic heterocycles. The maximum atomic E-state index is 10.9. The first kappa shape index (κ1) is 10.3. The van der Waals surface area contributed by atoms with E-state index in [1.54, 1.807) is 14.1 Å². The standard InChI is InChI=1S/C6H12N2O2S/c1-8(2)6(10)4-11-3-5(7)9/h3-4H2,1-2H3,(H2,7,9). The van der Waals surface area contributed by atoms with Crippen LogP contribution in [-0.4, -0.2) is 42.3 Å². The van der Waals surface area contributed by atoms with Crippen LogP contribution in [0.1, 0.15) is 0 Å². The van der Waals surface area contributed by atoms with Gasteiger partial charge in [0, 0.05) is 14.1 Å². The van der Waals surface area contributed by atoms with E-state index in [-0.39, 0.29) is 17.6 Å². The predicted octanol–water partition coefficient (Wildman–Crippen LogP) is -0.707. The van der Waals surface area contributed by atoms with Gasteiger partial charge in [-0.15, -0.1) is 11.8 Å². The number of primary amides is 1. The van der Waals surface area contributed by atoms with Crippen molar-refractivity contribution in [3.05, 3.63) is 0 Å². The molecule has 5 heteroatoms. The van der Waals surface area contributed by atoms with Gasteiger partial charge < -0.3 is 10.6 Å². The van der Waals surface area contributed by atoms with Crippen LogP contribution < -0.4 is 5.73 Å². The fourth-order valence-electron chi connectivity index (χ4n) is 0.368. The van der Waals surface area contributed by atoms with Crippen LogP contribution in [0.5, 0.6) is 0 Å². The van der Waals surface area contributed by atoms with Gasteiger partial charge in [0.2, 0.25) is 11.8 Å². The highest BCUT2D eigenvalue weighted by molar-refractivity contribution is 8.00. The van der Waals surface area contributed by atoms with Gasteiger partial charge in [-0.25, -0.2) is 0 Å². The molecule has 0 rings (SSSR count). The van der Waals surface area contributed by atoms with Crippen molar-refractivity contribution in [3.8, 4) is 0 Å². The molecule has 0 saturated carbocycles. The summed E-state index contributed by atoms with van der Waals surface area (Å²) >= 11 is 1.23. The Morgan fingerprint density at radius 2 is 1.91 bits per heavy atom. The summed E-state index contributed by atoms with van der Waals surface area (Å²) in [6.45, 7) is 0. The molecule has 4 nitrogen and oxygen atoms in total. The normalized spacial score (nSPS) is 9.27. The van der Waals surface area contributed by atoms with Gasteiger partial charge in [-0.05, 0) is 0 Å². The van der Waals surface area contributed by atoms with Gasteiger partial charge in [0.15, 0.2) is 0 Å². The van der Waals surface area contributed by atoms with Crippen molar-refractivity contribution in [2.75, 3.05) is 25.6 Å². The van der Waals surface area contributed by atoms with E-state index in [1.807, 2.05) is 0 Å². The van der Waals surface area contributed by atoms with E-state index in [0.29, 0.717) is 5.75 Å². The minimum Gasteiger partial charge on any atom is -0.369 e. The molecule has 2 N–H and O–H groups in total. The fraction of sp³-hybridized carbons (Fsp3) is 0.667. The zero-order valence-electron chi connectivity index (χ0n) is 6.66. The number of amides is 2. The maximum Gasteiger partial charge on any atom is 0.232 e. The van der Waals surface area contributed by atoms with Gasteiger partial charge in [-0.2, -0.15) is 0 Å². The van der Waals surface area contributed by atoms with Crippen LogP contribution in [-0.2, 0) is 9.59 Å². The Balaban J connectivity index is 3.39. The molecule has 0 aromatic carbocycles. The molecule has 0 spiro atoms. The summed E-state index contributed by atoms with van der Waals surface area (Å²) in [4.78, 5) is 22.6. The molecule has 0 heterocycles. The lowest BCUT2D eigenvalue weighted by Crippen LogP contribution is -2.24. The summed E-state index contributed by atoms with van der Waals surface area (Å²) in [6.07, 6.45) is 0. The molecular weight excluding hydrogens is 164 g/mol. The van der Waals surface area contributed by atoms with E-state index >= 15 is 0 Å². The molecule has 0 aliphatic rings. The minimum absolute atomic E-state index is 0.00347. The average molecular weight is 176 g/mol. The van der Waals surface area contributed by atoms with E-state index in [4.69, 9.17) is 5.73 Å². The van der Waals surface area contributed by atoms with Crippen LogP contribution in [0.15, 0.2) is 0 Å². The van der Waals surface area contributed by atoms with Gasteiger partial charge in [-0.1, -0.05) is 0 Å². The number of carbonyl (C=O) groups is 2. The van der Waals surface area contributed by atoms with Crippen molar-refractivity contribution in [1.29, 1.82) is 0 Å². The molecule has 0 atom stereocenters. The summed E-state index contributed by atoms with van der Waals surface area (Å²) < 4.78 is 0. The van der Waals surface area contributed by atoms with Crippen LogP contribution in [0.2, 0.25) is 0 Å². The van der Waals surface area contributed by atoms with Crippen molar-refractivity contribution < 1.29 is 9.59 Å². The quantitative estimate of drug-likeness (QED) is 0.615. The summed E-state index contributed by atoms with van der Waals surface area (Å²) in [5.74, 6) is 0.132. The lowest BCUT2D eigenvalue weighted by Gasteiger charge is -2.08. The number of nitrogens with two attached hydrogens (primary N) is 1. The molecule has 0 saturated heterocycles. The predicted molar refractivity (Wildman–Crippen MR) is 45.2 cm³/mol. The second-order valence-corrected chi connectivity index (χ2v) is 3.23. The van der Waals surface area contributed by atoms with E-state index in [2.05, 4.69) is 0 Å². The van der Waals surface area contributed by atoms with Gasteiger partial charge >= 0.3 is 0 Å². The van der Waals surface area contributed by atoms with Gasteiger partial charge in [0.25, 0.3) is 0 Å². The first-order valence-electron chi connectivity index (χ1n) is 3.10. The molecular formula is C6H12N2O2S. The molecule has 0 unspecified atom stereocenters. The van der Waals surface area contributed by atoms with Crippen LogP contribution in [0.3, 0.4) is 0 Å². The molecule has 0 fully saturated rings. The molecule has 11 heavy (non-hydrogen) atoms. The van der Waals surface area contributed by atoms with Crippen molar-refractivity contribution in [2.45, 2.75) is 0 Å². The fourth-order valence-corrected chi connectivity index (χ4v) is 1.10.